The molecule has 21 heavy (non-hydrogen) atoms. The normalized spacial score (nSPS) is 11.1. The SMILES string of the molecule is Cc1ccc(Sc2ccc(Br)cn2)c(CNCC(C)C)c1. The molecule has 1 N–H and O–H groups in total. The maximum absolute atomic E-state index is 4.44. The fourth-order valence-electron chi connectivity index (χ4n) is 1.98. The van der Waals surface area contributed by atoms with Gasteiger partial charge in [-0.25, -0.2) is 4.98 Å². The number of benzene rings is 1. The summed E-state index contributed by atoms with van der Waals surface area (Å²) in [5, 5.41) is 4.54. The topological polar surface area (TPSA) is 24.9 Å². The molecule has 0 fully saturated rings. The van der Waals surface area contributed by atoms with Crippen molar-refractivity contribution in [1.82, 2.24) is 10.3 Å². The molecule has 4 heteroatoms. The molecule has 0 atom stereocenters. The predicted octanol–water partition coefficient (Wildman–Crippen LogP) is 5.05. The summed E-state index contributed by atoms with van der Waals surface area (Å²) in [5.41, 5.74) is 2.63. The largest absolute Gasteiger partial charge is 0.312 e. The number of halogens is 1. The van der Waals surface area contributed by atoms with Crippen molar-refractivity contribution >= 4 is 27.7 Å². The number of aromatic nitrogens is 1. The van der Waals surface area contributed by atoms with Crippen LogP contribution in [0.25, 0.3) is 0 Å². The van der Waals surface area contributed by atoms with Crippen LogP contribution in [-0.2, 0) is 6.54 Å². The van der Waals surface area contributed by atoms with Gasteiger partial charge in [-0.15, -0.1) is 0 Å². The van der Waals surface area contributed by atoms with Crippen LogP contribution in [0.3, 0.4) is 0 Å². The van der Waals surface area contributed by atoms with E-state index in [0.717, 1.165) is 22.6 Å². The van der Waals surface area contributed by atoms with Crippen LogP contribution in [0.4, 0.5) is 0 Å². The van der Waals surface area contributed by atoms with Crippen LogP contribution < -0.4 is 5.32 Å². The van der Waals surface area contributed by atoms with Gasteiger partial charge in [-0.1, -0.05) is 43.3 Å². The standard InChI is InChI=1S/C17H21BrN2S/c1-12(2)9-19-10-14-8-13(3)4-6-16(14)21-17-7-5-15(18)11-20-17/h4-8,11-12,19H,9-10H2,1-3H3. The van der Waals surface area contributed by atoms with Crippen molar-refractivity contribution in [2.75, 3.05) is 6.54 Å². The Hall–Kier alpha value is -0.840. The lowest BCUT2D eigenvalue weighted by atomic mass is 10.1. The molecule has 112 valence electrons. The van der Waals surface area contributed by atoms with Gasteiger partial charge in [0.1, 0.15) is 5.03 Å². The Labute approximate surface area is 139 Å². The van der Waals surface area contributed by atoms with Crippen LogP contribution >= 0.6 is 27.7 Å². The maximum atomic E-state index is 4.44. The number of hydrogen-bond donors (Lipinski definition) is 1. The highest BCUT2D eigenvalue weighted by Gasteiger charge is 2.06. The van der Waals surface area contributed by atoms with Crippen molar-refractivity contribution in [1.29, 1.82) is 0 Å². The lowest BCUT2D eigenvalue weighted by Gasteiger charge is -2.12. The Bertz CT molecular complexity index is 582. The van der Waals surface area contributed by atoms with Crippen LogP contribution in [0, 0.1) is 12.8 Å². The van der Waals surface area contributed by atoms with Crippen molar-refractivity contribution in [3.63, 3.8) is 0 Å². The molecule has 0 saturated carbocycles. The van der Waals surface area contributed by atoms with Gasteiger partial charge in [0.25, 0.3) is 0 Å². The summed E-state index contributed by atoms with van der Waals surface area (Å²) in [6.45, 7) is 8.53. The first-order valence-corrected chi connectivity index (χ1v) is 8.75. The van der Waals surface area contributed by atoms with Gasteiger partial charge in [0.15, 0.2) is 0 Å². The molecule has 0 aliphatic heterocycles. The number of rotatable bonds is 6. The molecule has 0 aliphatic carbocycles. The minimum atomic E-state index is 0.666. The molecule has 1 heterocycles. The van der Waals surface area contributed by atoms with Crippen LogP contribution in [0.5, 0.6) is 0 Å². The molecular formula is C17H21BrN2S. The van der Waals surface area contributed by atoms with Gasteiger partial charge in [0, 0.05) is 22.1 Å². The molecule has 2 aromatic rings. The fourth-order valence-corrected chi connectivity index (χ4v) is 3.08. The molecule has 0 unspecified atom stereocenters. The first-order chi connectivity index (χ1) is 10.0. The lowest BCUT2D eigenvalue weighted by molar-refractivity contribution is 0.550. The number of aryl methyl sites for hydroxylation is 1. The van der Waals surface area contributed by atoms with Gasteiger partial charge < -0.3 is 5.32 Å². The molecule has 1 aromatic carbocycles. The van der Waals surface area contributed by atoms with E-state index in [1.54, 1.807) is 11.8 Å². The van der Waals surface area contributed by atoms with E-state index < -0.39 is 0 Å². The smallest absolute Gasteiger partial charge is 0.101 e. The molecular weight excluding hydrogens is 344 g/mol. The third-order valence-corrected chi connectivity index (χ3v) is 4.54. The molecule has 0 spiro atoms. The summed E-state index contributed by atoms with van der Waals surface area (Å²) in [4.78, 5) is 5.71. The molecule has 0 amide bonds. The summed E-state index contributed by atoms with van der Waals surface area (Å²) in [6.07, 6.45) is 1.84. The van der Waals surface area contributed by atoms with Crippen LogP contribution in [-0.4, -0.2) is 11.5 Å². The van der Waals surface area contributed by atoms with E-state index in [2.05, 4.69) is 65.2 Å². The molecule has 2 nitrogen and oxygen atoms in total. The summed E-state index contributed by atoms with van der Waals surface area (Å²) < 4.78 is 1.01. The van der Waals surface area contributed by atoms with Gasteiger partial charge in [-0.05, 0) is 59.1 Å². The van der Waals surface area contributed by atoms with E-state index in [4.69, 9.17) is 0 Å². The second-order valence-corrected chi connectivity index (χ2v) is 7.53. The molecule has 0 saturated heterocycles. The number of hydrogen-bond acceptors (Lipinski definition) is 3. The highest BCUT2D eigenvalue weighted by Crippen LogP contribution is 2.30. The van der Waals surface area contributed by atoms with Gasteiger partial charge in [0.05, 0.1) is 0 Å². The van der Waals surface area contributed by atoms with Gasteiger partial charge in [-0.3, -0.25) is 0 Å². The average Bonchev–Trinajstić information content (AvgIpc) is 2.43. The highest BCUT2D eigenvalue weighted by atomic mass is 79.9. The summed E-state index contributed by atoms with van der Waals surface area (Å²) in [5.74, 6) is 0.666. The van der Waals surface area contributed by atoms with Crippen molar-refractivity contribution in [2.24, 2.45) is 5.92 Å². The first kappa shape index (κ1) is 16.5. The number of pyridine rings is 1. The molecule has 1 aromatic heterocycles. The second kappa shape index (κ2) is 7.97. The zero-order chi connectivity index (χ0) is 15.2. The van der Waals surface area contributed by atoms with Crippen molar-refractivity contribution in [2.45, 2.75) is 37.2 Å². The molecule has 0 radical (unpaired) electrons. The van der Waals surface area contributed by atoms with Crippen molar-refractivity contribution < 1.29 is 0 Å². The van der Waals surface area contributed by atoms with E-state index >= 15 is 0 Å². The van der Waals surface area contributed by atoms with Gasteiger partial charge in [-0.2, -0.15) is 0 Å². The Morgan fingerprint density at radius 2 is 2.05 bits per heavy atom. The Kier molecular flexibility index (Phi) is 6.27. The van der Waals surface area contributed by atoms with E-state index in [1.165, 1.54) is 16.0 Å². The summed E-state index contributed by atoms with van der Waals surface area (Å²) in [7, 11) is 0. The Balaban J connectivity index is 2.12. The van der Waals surface area contributed by atoms with Crippen molar-refractivity contribution in [3.8, 4) is 0 Å². The van der Waals surface area contributed by atoms with Crippen molar-refractivity contribution in [3.05, 3.63) is 52.1 Å². The van der Waals surface area contributed by atoms with Crippen LogP contribution in [0.1, 0.15) is 25.0 Å². The second-order valence-electron chi connectivity index (χ2n) is 5.55. The zero-order valence-corrected chi connectivity index (χ0v) is 15.1. The lowest BCUT2D eigenvalue weighted by Crippen LogP contribution is -2.19. The Morgan fingerprint density at radius 1 is 1.24 bits per heavy atom. The highest BCUT2D eigenvalue weighted by molar-refractivity contribution is 9.10. The van der Waals surface area contributed by atoms with Crippen LogP contribution in [0.15, 0.2) is 50.9 Å². The maximum Gasteiger partial charge on any atom is 0.101 e. The molecule has 2 rings (SSSR count). The monoisotopic (exact) mass is 364 g/mol. The quantitative estimate of drug-likeness (QED) is 0.776. The summed E-state index contributed by atoms with van der Waals surface area (Å²) in [6, 6.07) is 10.7. The zero-order valence-electron chi connectivity index (χ0n) is 12.7. The fraction of sp³-hybridized carbons (Fsp3) is 0.353. The van der Waals surface area contributed by atoms with E-state index in [1.807, 2.05) is 18.3 Å². The van der Waals surface area contributed by atoms with E-state index in [-0.39, 0.29) is 0 Å². The van der Waals surface area contributed by atoms with Crippen LogP contribution in [0.2, 0.25) is 0 Å². The van der Waals surface area contributed by atoms with Gasteiger partial charge in [0.2, 0.25) is 0 Å². The van der Waals surface area contributed by atoms with Gasteiger partial charge >= 0.3 is 0 Å². The minimum Gasteiger partial charge on any atom is -0.312 e. The third kappa shape index (κ3) is 5.46. The number of nitrogens with one attached hydrogen (secondary N) is 1. The predicted molar refractivity (Wildman–Crippen MR) is 93.8 cm³/mol. The minimum absolute atomic E-state index is 0.666. The van der Waals surface area contributed by atoms with E-state index in [9.17, 15) is 0 Å². The average molecular weight is 365 g/mol. The van der Waals surface area contributed by atoms with E-state index in [0.29, 0.717) is 5.92 Å². The molecule has 0 bridgehead atoms. The third-order valence-electron chi connectivity index (χ3n) is 3.00. The first-order valence-electron chi connectivity index (χ1n) is 7.14. The number of nitrogens with zero attached hydrogens (tertiary/aromatic N) is 1. The Morgan fingerprint density at radius 3 is 2.71 bits per heavy atom. The molecule has 0 aliphatic rings. The summed E-state index contributed by atoms with van der Waals surface area (Å²) >= 11 is 5.14.